The summed E-state index contributed by atoms with van der Waals surface area (Å²) in [5.74, 6) is 1.26. The third-order valence-corrected chi connectivity index (χ3v) is 2.78. The summed E-state index contributed by atoms with van der Waals surface area (Å²) in [5.41, 5.74) is 0.943. The number of nitrogens with one attached hydrogen (secondary N) is 1. The Kier molecular flexibility index (Phi) is 4.60. The standard InChI is InChI=1S/C14H14ClNO3/c1-18-9-14(17)16-8-12-6-7-13(19-12)10-2-4-11(15)5-3-10/h2-7H,8-9H2,1H3,(H,16,17). The molecule has 0 fully saturated rings. The molecule has 0 aliphatic rings. The van der Waals surface area contributed by atoms with E-state index in [1.54, 1.807) is 12.1 Å². The maximum absolute atomic E-state index is 11.2. The molecule has 1 aromatic heterocycles. The number of benzene rings is 1. The largest absolute Gasteiger partial charge is 0.459 e. The molecule has 0 unspecified atom stereocenters. The number of hydrogen-bond donors (Lipinski definition) is 1. The molecule has 0 atom stereocenters. The van der Waals surface area contributed by atoms with Crippen LogP contribution in [0.3, 0.4) is 0 Å². The van der Waals surface area contributed by atoms with Crippen molar-refractivity contribution in [2.75, 3.05) is 13.7 Å². The molecular weight excluding hydrogens is 266 g/mol. The number of rotatable bonds is 5. The Morgan fingerprint density at radius 3 is 2.68 bits per heavy atom. The van der Waals surface area contributed by atoms with Crippen molar-refractivity contribution in [3.8, 4) is 11.3 Å². The summed E-state index contributed by atoms with van der Waals surface area (Å²) in [4.78, 5) is 11.2. The molecule has 0 saturated carbocycles. The molecular formula is C14H14ClNO3. The van der Waals surface area contributed by atoms with Crippen LogP contribution in [0.25, 0.3) is 11.3 Å². The van der Waals surface area contributed by atoms with Gasteiger partial charge in [-0.2, -0.15) is 0 Å². The van der Waals surface area contributed by atoms with Crippen LogP contribution in [0.15, 0.2) is 40.8 Å². The van der Waals surface area contributed by atoms with E-state index in [0.717, 1.165) is 11.3 Å². The summed E-state index contributed by atoms with van der Waals surface area (Å²) >= 11 is 5.83. The topological polar surface area (TPSA) is 51.5 Å². The highest BCUT2D eigenvalue weighted by Gasteiger charge is 2.06. The van der Waals surface area contributed by atoms with Gasteiger partial charge in [-0.15, -0.1) is 0 Å². The average molecular weight is 280 g/mol. The van der Waals surface area contributed by atoms with E-state index in [2.05, 4.69) is 5.32 Å². The predicted molar refractivity (Wildman–Crippen MR) is 72.9 cm³/mol. The van der Waals surface area contributed by atoms with Gasteiger partial charge in [0.1, 0.15) is 18.1 Å². The first-order chi connectivity index (χ1) is 9.19. The van der Waals surface area contributed by atoms with E-state index in [0.29, 0.717) is 17.3 Å². The summed E-state index contributed by atoms with van der Waals surface area (Å²) in [6.45, 7) is 0.389. The normalized spacial score (nSPS) is 10.4. The lowest BCUT2D eigenvalue weighted by atomic mass is 10.2. The highest BCUT2D eigenvalue weighted by Crippen LogP contribution is 2.23. The molecule has 1 heterocycles. The van der Waals surface area contributed by atoms with Gasteiger partial charge in [0.2, 0.25) is 5.91 Å². The summed E-state index contributed by atoms with van der Waals surface area (Å²) in [6.07, 6.45) is 0. The van der Waals surface area contributed by atoms with Gasteiger partial charge in [-0.1, -0.05) is 11.6 Å². The van der Waals surface area contributed by atoms with Gasteiger partial charge in [-0.05, 0) is 36.4 Å². The van der Waals surface area contributed by atoms with E-state index < -0.39 is 0 Å². The summed E-state index contributed by atoms with van der Waals surface area (Å²) in [5, 5.41) is 3.38. The first kappa shape index (κ1) is 13.6. The van der Waals surface area contributed by atoms with E-state index in [4.69, 9.17) is 20.8 Å². The van der Waals surface area contributed by atoms with E-state index in [-0.39, 0.29) is 12.5 Å². The zero-order chi connectivity index (χ0) is 13.7. The van der Waals surface area contributed by atoms with Crippen LogP contribution in [0.1, 0.15) is 5.76 Å². The minimum absolute atomic E-state index is 0.0464. The first-order valence-corrected chi connectivity index (χ1v) is 6.17. The maximum atomic E-state index is 11.2. The van der Waals surface area contributed by atoms with Crippen molar-refractivity contribution >= 4 is 17.5 Å². The van der Waals surface area contributed by atoms with Gasteiger partial charge in [0, 0.05) is 17.7 Å². The molecule has 100 valence electrons. The molecule has 0 bridgehead atoms. The van der Waals surface area contributed by atoms with Gasteiger partial charge in [0.25, 0.3) is 0 Å². The number of ether oxygens (including phenoxy) is 1. The van der Waals surface area contributed by atoms with Gasteiger partial charge in [0.15, 0.2) is 0 Å². The van der Waals surface area contributed by atoms with E-state index in [1.807, 2.05) is 24.3 Å². The van der Waals surface area contributed by atoms with E-state index >= 15 is 0 Å². The lowest BCUT2D eigenvalue weighted by Crippen LogP contribution is -2.26. The highest BCUT2D eigenvalue weighted by atomic mass is 35.5. The predicted octanol–water partition coefficient (Wildman–Crippen LogP) is 2.86. The van der Waals surface area contributed by atoms with Crippen LogP contribution < -0.4 is 5.32 Å². The molecule has 0 aliphatic heterocycles. The van der Waals surface area contributed by atoms with Gasteiger partial charge in [-0.3, -0.25) is 4.79 Å². The molecule has 4 nitrogen and oxygen atoms in total. The number of hydrogen-bond acceptors (Lipinski definition) is 3. The number of furan rings is 1. The second kappa shape index (κ2) is 6.41. The number of halogens is 1. The fourth-order valence-corrected chi connectivity index (χ4v) is 1.74. The SMILES string of the molecule is COCC(=O)NCc1ccc(-c2ccc(Cl)cc2)o1. The number of amides is 1. The molecule has 19 heavy (non-hydrogen) atoms. The molecule has 0 spiro atoms. The molecule has 5 heteroatoms. The molecule has 2 rings (SSSR count). The van der Waals surface area contributed by atoms with Crippen molar-refractivity contribution < 1.29 is 13.9 Å². The third kappa shape index (κ3) is 3.84. The Balaban J connectivity index is 1.99. The molecule has 2 aromatic rings. The van der Waals surface area contributed by atoms with Crippen LogP contribution in [0.4, 0.5) is 0 Å². The van der Waals surface area contributed by atoms with Crippen LogP contribution in [0.5, 0.6) is 0 Å². The molecule has 0 saturated heterocycles. The highest BCUT2D eigenvalue weighted by molar-refractivity contribution is 6.30. The van der Waals surface area contributed by atoms with E-state index in [9.17, 15) is 4.79 Å². The molecule has 1 amide bonds. The monoisotopic (exact) mass is 279 g/mol. The average Bonchev–Trinajstić information content (AvgIpc) is 2.86. The molecule has 1 aromatic carbocycles. The number of carbonyl (C=O) groups excluding carboxylic acids is 1. The summed E-state index contributed by atoms with van der Waals surface area (Å²) in [6, 6.07) is 11.1. The lowest BCUT2D eigenvalue weighted by molar-refractivity contribution is -0.124. The zero-order valence-electron chi connectivity index (χ0n) is 10.5. The smallest absolute Gasteiger partial charge is 0.246 e. The Labute approximate surface area is 116 Å². The fourth-order valence-electron chi connectivity index (χ4n) is 1.61. The van der Waals surface area contributed by atoms with Crippen molar-refractivity contribution in [3.05, 3.63) is 47.2 Å². The molecule has 1 N–H and O–H groups in total. The Morgan fingerprint density at radius 1 is 1.26 bits per heavy atom. The van der Waals surface area contributed by atoms with Crippen LogP contribution in [-0.4, -0.2) is 19.6 Å². The van der Waals surface area contributed by atoms with E-state index in [1.165, 1.54) is 7.11 Å². The molecule has 0 radical (unpaired) electrons. The quantitative estimate of drug-likeness (QED) is 0.916. The van der Waals surface area contributed by atoms with Crippen molar-refractivity contribution in [1.82, 2.24) is 5.32 Å². The van der Waals surface area contributed by atoms with Gasteiger partial charge >= 0.3 is 0 Å². The van der Waals surface area contributed by atoms with Gasteiger partial charge < -0.3 is 14.5 Å². The number of methoxy groups -OCH3 is 1. The third-order valence-electron chi connectivity index (χ3n) is 2.53. The van der Waals surface area contributed by atoms with Gasteiger partial charge in [0.05, 0.1) is 6.54 Å². The summed E-state index contributed by atoms with van der Waals surface area (Å²) < 4.78 is 10.4. The zero-order valence-corrected chi connectivity index (χ0v) is 11.2. The Morgan fingerprint density at radius 2 is 2.00 bits per heavy atom. The van der Waals surface area contributed by atoms with Crippen molar-refractivity contribution in [2.45, 2.75) is 6.54 Å². The van der Waals surface area contributed by atoms with Crippen LogP contribution in [-0.2, 0) is 16.1 Å². The van der Waals surface area contributed by atoms with Crippen LogP contribution in [0.2, 0.25) is 5.02 Å². The second-order valence-electron chi connectivity index (χ2n) is 3.98. The molecule has 0 aliphatic carbocycles. The first-order valence-electron chi connectivity index (χ1n) is 5.79. The maximum Gasteiger partial charge on any atom is 0.246 e. The van der Waals surface area contributed by atoms with Crippen LogP contribution in [0, 0.1) is 0 Å². The Bertz CT molecular complexity index is 548. The van der Waals surface area contributed by atoms with Gasteiger partial charge in [-0.25, -0.2) is 0 Å². The van der Waals surface area contributed by atoms with Crippen molar-refractivity contribution in [1.29, 1.82) is 0 Å². The number of carbonyl (C=O) groups is 1. The Hall–Kier alpha value is -1.78. The minimum Gasteiger partial charge on any atom is -0.459 e. The lowest BCUT2D eigenvalue weighted by Gasteiger charge is -2.02. The van der Waals surface area contributed by atoms with Crippen molar-refractivity contribution in [2.24, 2.45) is 0 Å². The second-order valence-corrected chi connectivity index (χ2v) is 4.42. The summed E-state index contributed by atoms with van der Waals surface area (Å²) in [7, 11) is 1.48. The van der Waals surface area contributed by atoms with Crippen molar-refractivity contribution in [3.63, 3.8) is 0 Å². The van der Waals surface area contributed by atoms with Crippen LogP contribution >= 0.6 is 11.6 Å². The minimum atomic E-state index is -0.174. The fraction of sp³-hybridized carbons (Fsp3) is 0.214.